The van der Waals surface area contributed by atoms with Crippen LogP contribution in [0.5, 0.6) is 0 Å². The van der Waals surface area contributed by atoms with E-state index in [0.29, 0.717) is 12.1 Å². The van der Waals surface area contributed by atoms with E-state index in [1.165, 1.54) is 0 Å². The molecule has 1 fully saturated rings. The van der Waals surface area contributed by atoms with E-state index in [9.17, 15) is 0 Å². The molecule has 2 rings (SSSR count). The van der Waals surface area contributed by atoms with Gasteiger partial charge >= 0.3 is 0 Å². The van der Waals surface area contributed by atoms with Crippen LogP contribution in [0.2, 0.25) is 0 Å². The summed E-state index contributed by atoms with van der Waals surface area (Å²) in [7, 11) is 0. The van der Waals surface area contributed by atoms with Crippen LogP contribution in [0.25, 0.3) is 0 Å². The Balaban J connectivity index is 1.70. The first-order valence-electron chi connectivity index (χ1n) is 4.89. The Kier molecular flexibility index (Phi) is 2.54. The van der Waals surface area contributed by atoms with Gasteiger partial charge in [0.15, 0.2) is 0 Å². The molecule has 1 aliphatic rings. The van der Waals surface area contributed by atoms with Crippen molar-refractivity contribution in [2.75, 3.05) is 12.0 Å². The lowest BCUT2D eigenvalue weighted by Crippen LogP contribution is -2.43. The molecule has 0 amide bonds. The first-order valence-corrected chi connectivity index (χ1v) is 4.89. The smallest absolute Gasteiger partial charge is 0.0615 e. The summed E-state index contributed by atoms with van der Waals surface area (Å²) >= 11 is 0. The highest BCUT2D eigenvalue weighted by molar-refractivity contribution is 4.99. The lowest BCUT2D eigenvalue weighted by atomic mass is 9.90. The van der Waals surface area contributed by atoms with Gasteiger partial charge in [0.25, 0.3) is 0 Å². The molecule has 0 aromatic carbocycles. The van der Waals surface area contributed by atoms with Crippen molar-refractivity contribution in [3.8, 4) is 0 Å². The molecular weight excluding hydrogens is 164 g/mol. The van der Waals surface area contributed by atoms with Gasteiger partial charge in [0.2, 0.25) is 0 Å². The molecule has 1 heterocycles. The van der Waals surface area contributed by atoms with E-state index in [1.54, 1.807) is 0 Å². The van der Waals surface area contributed by atoms with Crippen molar-refractivity contribution in [1.82, 2.24) is 4.68 Å². The highest BCUT2D eigenvalue weighted by Crippen LogP contribution is 2.23. The molecule has 0 atom stereocenters. The fraction of sp³-hybridized carbons (Fsp3) is 0.600. The predicted octanol–water partition coefficient (Wildman–Crippen LogP) is 1.60. The molecule has 1 N–H and O–H groups in total. The van der Waals surface area contributed by atoms with Crippen LogP contribution >= 0.6 is 0 Å². The number of hydrogen-bond acceptors (Lipinski definition) is 2. The molecule has 13 heavy (non-hydrogen) atoms. The maximum atomic E-state index is 5.48. The topological polar surface area (TPSA) is 26.2 Å². The van der Waals surface area contributed by atoms with E-state index >= 15 is 0 Å². The van der Waals surface area contributed by atoms with Gasteiger partial charge in [0.05, 0.1) is 6.10 Å². The number of rotatable bonds is 4. The minimum absolute atomic E-state index is 0.484. The maximum absolute atomic E-state index is 5.48. The zero-order valence-corrected chi connectivity index (χ0v) is 7.94. The molecule has 3 nitrogen and oxygen atoms in total. The standard InChI is InChI=1S/C10H16N2O/c1-2-13-10-7-9(8-10)11-12-5-3-4-6-12/h3-6,9-11H,2,7-8H2,1H3. The van der Waals surface area contributed by atoms with E-state index in [2.05, 4.69) is 5.43 Å². The third-order valence-corrected chi connectivity index (χ3v) is 2.43. The Bertz CT molecular complexity index is 239. The first kappa shape index (κ1) is 8.63. The van der Waals surface area contributed by atoms with Gasteiger partial charge in [-0.25, -0.2) is 0 Å². The van der Waals surface area contributed by atoms with Gasteiger partial charge < -0.3 is 10.2 Å². The normalized spacial score (nSPS) is 26.8. The van der Waals surface area contributed by atoms with Crippen molar-refractivity contribution in [2.45, 2.75) is 31.9 Å². The van der Waals surface area contributed by atoms with Gasteiger partial charge in [-0.2, -0.15) is 0 Å². The molecule has 0 radical (unpaired) electrons. The zero-order valence-electron chi connectivity index (χ0n) is 7.94. The molecule has 1 aromatic heterocycles. The largest absolute Gasteiger partial charge is 0.378 e. The van der Waals surface area contributed by atoms with Crippen molar-refractivity contribution in [1.29, 1.82) is 0 Å². The number of nitrogens with one attached hydrogen (secondary N) is 1. The molecule has 0 spiro atoms. The van der Waals surface area contributed by atoms with Crippen LogP contribution in [0.15, 0.2) is 24.5 Å². The maximum Gasteiger partial charge on any atom is 0.0615 e. The summed E-state index contributed by atoms with van der Waals surface area (Å²) in [6, 6.07) is 4.63. The number of nitrogens with zero attached hydrogens (tertiary/aromatic N) is 1. The molecule has 0 bridgehead atoms. The van der Waals surface area contributed by atoms with Crippen molar-refractivity contribution < 1.29 is 4.74 Å². The van der Waals surface area contributed by atoms with Crippen molar-refractivity contribution >= 4 is 0 Å². The Morgan fingerprint density at radius 1 is 1.38 bits per heavy atom. The summed E-state index contributed by atoms with van der Waals surface area (Å²) in [6.07, 6.45) is 6.79. The van der Waals surface area contributed by atoms with E-state index in [1.807, 2.05) is 36.1 Å². The Hall–Kier alpha value is -0.960. The lowest BCUT2D eigenvalue weighted by molar-refractivity contribution is 0.000606. The van der Waals surface area contributed by atoms with Crippen molar-refractivity contribution in [3.63, 3.8) is 0 Å². The van der Waals surface area contributed by atoms with Crippen LogP contribution in [-0.2, 0) is 4.74 Å². The zero-order chi connectivity index (χ0) is 9.10. The molecule has 1 aromatic rings. The first-order chi connectivity index (χ1) is 6.38. The van der Waals surface area contributed by atoms with E-state index < -0.39 is 0 Å². The fourth-order valence-corrected chi connectivity index (χ4v) is 1.67. The second kappa shape index (κ2) is 3.83. The summed E-state index contributed by atoms with van der Waals surface area (Å²) in [5.74, 6) is 0. The van der Waals surface area contributed by atoms with E-state index in [-0.39, 0.29) is 0 Å². The molecule has 1 saturated carbocycles. The number of ether oxygens (including phenoxy) is 1. The van der Waals surface area contributed by atoms with E-state index in [4.69, 9.17) is 4.74 Å². The van der Waals surface area contributed by atoms with Gasteiger partial charge in [-0.05, 0) is 31.9 Å². The summed E-state index contributed by atoms with van der Waals surface area (Å²) in [5, 5.41) is 0. The monoisotopic (exact) mass is 180 g/mol. The molecule has 1 aliphatic carbocycles. The lowest BCUT2D eigenvalue weighted by Gasteiger charge is -2.36. The minimum atomic E-state index is 0.484. The molecule has 0 aliphatic heterocycles. The molecule has 0 unspecified atom stereocenters. The number of hydrogen-bond donors (Lipinski definition) is 1. The van der Waals surface area contributed by atoms with Crippen LogP contribution < -0.4 is 5.43 Å². The SMILES string of the molecule is CCOC1CC(Nn2cccc2)C1. The van der Waals surface area contributed by atoms with Gasteiger partial charge in [0, 0.05) is 25.0 Å². The highest BCUT2D eigenvalue weighted by Gasteiger charge is 2.29. The molecule has 72 valence electrons. The van der Waals surface area contributed by atoms with Gasteiger partial charge in [-0.3, -0.25) is 4.68 Å². The van der Waals surface area contributed by atoms with Crippen LogP contribution in [0.3, 0.4) is 0 Å². The van der Waals surface area contributed by atoms with Gasteiger partial charge in [-0.15, -0.1) is 0 Å². The molecule has 3 heteroatoms. The Morgan fingerprint density at radius 3 is 2.69 bits per heavy atom. The van der Waals surface area contributed by atoms with Crippen molar-refractivity contribution in [2.24, 2.45) is 0 Å². The third-order valence-electron chi connectivity index (χ3n) is 2.43. The fourth-order valence-electron chi connectivity index (χ4n) is 1.67. The summed E-state index contributed by atoms with van der Waals surface area (Å²) < 4.78 is 7.48. The Morgan fingerprint density at radius 2 is 2.08 bits per heavy atom. The van der Waals surface area contributed by atoms with Gasteiger partial charge in [-0.1, -0.05) is 0 Å². The summed E-state index contributed by atoms with van der Waals surface area (Å²) in [6.45, 7) is 2.88. The molecular formula is C10H16N2O. The second-order valence-corrected chi connectivity index (χ2v) is 3.47. The number of aromatic nitrogens is 1. The van der Waals surface area contributed by atoms with E-state index in [0.717, 1.165) is 19.4 Å². The third kappa shape index (κ3) is 2.04. The van der Waals surface area contributed by atoms with Crippen LogP contribution in [0, 0.1) is 0 Å². The summed E-state index contributed by atoms with van der Waals surface area (Å²) in [5.41, 5.74) is 3.38. The van der Waals surface area contributed by atoms with Crippen LogP contribution in [-0.4, -0.2) is 23.4 Å². The molecule has 0 saturated heterocycles. The highest BCUT2D eigenvalue weighted by atomic mass is 16.5. The second-order valence-electron chi connectivity index (χ2n) is 3.47. The minimum Gasteiger partial charge on any atom is -0.378 e. The average Bonchev–Trinajstić information content (AvgIpc) is 2.53. The predicted molar refractivity (Wildman–Crippen MR) is 52.2 cm³/mol. The van der Waals surface area contributed by atoms with Crippen LogP contribution in [0.4, 0.5) is 0 Å². The summed E-state index contributed by atoms with van der Waals surface area (Å²) in [4.78, 5) is 0. The van der Waals surface area contributed by atoms with Crippen molar-refractivity contribution in [3.05, 3.63) is 24.5 Å². The van der Waals surface area contributed by atoms with Crippen LogP contribution in [0.1, 0.15) is 19.8 Å². The Labute approximate surface area is 78.7 Å². The quantitative estimate of drug-likeness (QED) is 0.761. The van der Waals surface area contributed by atoms with Gasteiger partial charge in [0.1, 0.15) is 0 Å². The average molecular weight is 180 g/mol.